The van der Waals surface area contributed by atoms with Crippen molar-refractivity contribution < 1.29 is 18.5 Å². The topological polar surface area (TPSA) is 26.3 Å². The molecule has 0 aromatic rings. The molecule has 0 heterocycles. The standard InChI is InChI=1S/C25H52N2O2/c1-7-8-9-10-11-12-13-14-15-16-17-18-19-20-25(28)29-24-23-27(5,6)22-21-26(2,3)4/h14-15H,7-13,16-24H2,1-6H3/q+2. The Hall–Kier alpha value is -0.870. The average Bonchev–Trinajstić information content (AvgIpc) is 2.63. The van der Waals surface area contributed by atoms with Crippen molar-refractivity contribution in [3.63, 3.8) is 0 Å². The lowest BCUT2D eigenvalue weighted by atomic mass is 10.1. The Labute approximate surface area is 182 Å². The fourth-order valence-electron chi connectivity index (χ4n) is 3.15. The second-order valence-electron chi connectivity index (χ2n) is 10.2. The van der Waals surface area contributed by atoms with Crippen LogP contribution in [0.2, 0.25) is 0 Å². The van der Waals surface area contributed by atoms with Crippen molar-refractivity contribution in [2.24, 2.45) is 0 Å². The Morgan fingerprint density at radius 1 is 0.724 bits per heavy atom. The maximum atomic E-state index is 11.9. The lowest BCUT2D eigenvalue weighted by Gasteiger charge is -2.33. The van der Waals surface area contributed by atoms with Gasteiger partial charge in [-0.3, -0.25) is 4.79 Å². The van der Waals surface area contributed by atoms with Gasteiger partial charge in [-0.05, 0) is 32.1 Å². The SMILES string of the molecule is CCCCCCCCC=CCCCCCC(=O)OCC[N+](C)(C)CC[N+](C)(C)C. The molecule has 172 valence electrons. The normalized spacial score (nSPS) is 12.6. The summed E-state index contributed by atoms with van der Waals surface area (Å²) in [6, 6.07) is 0. The third-order valence-electron chi connectivity index (χ3n) is 5.48. The molecule has 0 bridgehead atoms. The minimum Gasteiger partial charge on any atom is -0.460 e. The molecule has 0 aliphatic heterocycles. The zero-order valence-electron chi connectivity index (χ0n) is 20.7. The van der Waals surface area contributed by atoms with Gasteiger partial charge in [-0.2, -0.15) is 0 Å². The smallest absolute Gasteiger partial charge is 0.305 e. The molecule has 4 nitrogen and oxygen atoms in total. The van der Waals surface area contributed by atoms with Gasteiger partial charge in [0.1, 0.15) is 26.2 Å². The molecule has 0 unspecified atom stereocenters. The van der Waals surface area contributed by atoms with Crippen LogP contribution in [-0.4, -0.2) is 76.4 Å². The number of allylic oxidation sites excluding steroid dienone is 2. The maximum Gasteiger partial charge on any atom is 0.305 e. The molecule has 0 rings (SSSR count). The third-order valence-corrected chi connectivity index (χ3v) is 5.48. The molecule has 4 heteroatoms. The number of unbranched alkanes of at least 4 members (excludes halogenated alkanes) is 9. The van der Waals surface area contributed by atoms with Gasteiger partial charge in [0, 0.05) is 6.42 Å². The first-order chi connectivity index (χ1) is 13.7. The molecular weight excluding hydrogens is 360 g/mol. The number of carbonyl (C=O) groups excluding carboxylic acids is 1. The Morgan fingerprint density at radius 3 is 1.86 bits per heavy atom. The van der Waals surface area contributed by atoms with E-state index in [9.17, 15) is 4.79 Å². The van der Waals surface area contributed by atoms with Crippen LogP contribution in [0.3, 0.4) is 0 Å². The van der Waals surface area contributed by atoms with Crippen LogP contribution in [0.25, 0.3) is 0 Å². The highest BCUT2D eigenvalue weighted by Gasteiger charge is 2.20. The number of rotatable bonds is 19. The number of carbonyl (C=O) groups is 1. The number of hydrogen-bond acceptors (Lipinski definition) is 2. The van der Waals surface area contributed by atoms with Crippen molar-refractivity contribution in [3.05, 3.63) is 12.2 Å². The molecule has 0 aliphatic rings. The van der Waals surface area contributed by atoms with E-state index in [0.29, 0.717) is 13.0 Å². The molecule has 0 saturated carbocycles. The Kier molecular flexibility index (Phi) is 16.4. The van der Waals surface area contributed by atoms with Crippen LogP contribution in [-0.2, 0) is 9.53 Å². The molecule has 0 atom stereocenters. The van der Waals surface area contributed by atoms with Gasteiger partial charge in [0.25, 0.3) is 0 Å². The monoisotopic (exact) mass is 412 g/mol. The van der Waals surface area contributed by atoms with E-state index in [1.807, 2.05) is 0 Å². The highest BCUT2D eigenvalue weighted by molar-refractivity contribution is 5.69. The van der Waals surface area contributed by atoms with Crippen molar-refractivity contribution in [1.82, 2.24) is 0 Å². The summed E-state index contributed by atoms with van der Waals surface area (Å²) in [7, 11) is 11.1. The summed E-state index contributed by atoms with van der Waals surface area (Å²) < 4.78 is 7.31. The average molecular weight is 413 g/mol. The van der Waals surface area contributed by atoms with E-state index >= 15 is 0 Å². The first kappa shape index (κ1) is 28.1. The van der Waals surface area contributed by atoms with E-state index in [-0.39, 0.29) is 5.97 Å². The predicted molar refractivity (Wildman–Crippen MR) is 126 cm³/mol. The maximum absolute atomic E-state index is 11.9. The number of likely N-dealkylation sites (N-methyl/N-ethyl adjacent to an activating group) is 2. The number of hydrogen-bond donors (Lipinski definition) is 0. The number of nitrogens with zero attached hydrogens (tertiary/aromatic N) is 2. The van der Waals surface area contributed by atoms with Crippen LogP contribution in [0, 0.1) is 0 Å². The summed E-state index contributed by atoms with van der Waals surface area (Å²) in [6.45, 7) is 5.89. The van der Waals surface area contributed by atoms with E-state index in [1.54, 1.807) is 0 Å². The quantitative estimate of drug-likeness (QED) is 0.120. The van der Waals surface area contributed by atoms with E-state index in [4.69, 9.17) is 4.74 Å². The van der Waals surface area contributed by atoms with Crippen molar-refractivity contribution in [3.8, 4) is 0 Å². The van der Waals surface area contributed by atoms with Crippen LogP contribution in [0.1, 0.15) is 84.0 Å². The summed E-state index contributed by atoms with van der Waals surface area (Å²) in [6.07, 6.45) is 19.0. The zero-order chi connectivity index (χ0) is 22.0. The van der Waals surface area contributed by atoms with E-state index < -0.39 is 0 Å². The Balaban J connectivity index is 3.53. The first-order valence-electron chi connectivity index (χ1n) is 12.1. The van der Waals surface area contributed by atoms with Gasteiger partial charge in [-0.15, -0.1) is 0 Å². The summed E-state index contributed by atoms with van der Waals surface area (Å²) in [5.74, 6) is -0.0322. The van der Waals surface area contributed by atoms with Crippen LogP contribution >= 0.6 is 0 Å². The summed E-state index contributed by atoms with van der Waals surface area (Å²) in [4.78, 5) is 11.9. The molecule has 0 radical (unpaired) electrons. The van der Waals surface area contributed by atoms with Crippen molar-refractivity contribution in [2.75, 3.05) is 61.5 Å². The summed E-state index contributed by atoms with van der Waals surface area (Å²) >= 11 is 0. The predicted octanol–water partition coefficient (Wildman–Crippen LogP) is 5.57. The summed E-state index contributed by atoms with van der Waals surface area (Å²) in [5.41, 5.74) is 0. The summed E-state index contributed by atoms with van der Waals surface area (Å²) in [5, 5.41) is 0. The fourth-order valence-corrected chi connectivity index (χ4v) is 3.15. The third kappa shape index (κ3) is 21.7. The lowest BCUT2D eigenvalue weighted by molar-refractivity contribution is -0.937. The number of ether oxygens (including phenoxy) is 1. The molecule has 29 heavy (non-hydrogen) atoms. The highest BCUT2D eigenvalue weighted by Crippen LogP contribution is 2.09. The molecule has 0 aliphatic carbocycles. The molecule has 0 spiro atoms. The highest BCUT2D eigenvalue weighted by atomic mass is 16.5. The van der Waals surface area contributed by atoms with Crippen LogP contribution in [0.5, 0.6) is 0 Å². The van der Waals surface area contributed by atoms with Gasteiger partial charge >= 0.3 is 5.97 Å². The fraction of sp³-hybridized carbons (Fsp3) is 0.880. The lowest BCUT2D eigenvalue weighted by Crippen LogP contribution is -2.50. The molecule has 0 aromatic heterocycles. The van der Waals surface area contributed by atoms with Gasteiger partial charge in [-0.25, -0.2) is 0 Å². The molecular formula is C25H52N2O2+2. The Morgan fingerprint density at radius 2 is 1.28 bits per heavy atom. The molecule has 0 saturated heterocycles. The van der Waals surface area contributed by atoms with Gasteiger partial charge in [0.15, 0.2) is 0 Å². The van der Waals surface area contributed by atoms with Gasteiger partial charge < -0.3 is 13.7 Å². The second kappa shape index (κ2) is 16.9. The van der Waals surface area contributed by atoms with E-state index in [2.05, 4.69) is 54.3 Å². The van der Waals surface area contributed by atoms with Gasteiger partial charge in [0.2, 0.25) is 0 Å². The van der Waals surface area contributed by atoms with Gasteiger partial charge in [0.05, 0.1) is 35.2 Å². The van der Waals surface area contributed by atoms with Crippen LogP contribution in [0.4, 0.5) is 0 Å². The minimum atomic E-state index is -0.0322. The number of esters is 1. The van der Waals surface area contributed by atoms with Gasteiger partial charge in [-0.1, -0.05) is 57.6 Å². The molecule has 0 amide bonds. The molecule has 0 N–H and O–H groups in total. The van der Waals surface area contributed by atoms with Crippen LogP contribution < -0.4 is 0 Å². The molecule has 0 aromatic carbocycles. The second-order valence-corrected chi connectivity index (χ2v) is 10.2. The van der Waals surface area contributed by atoms with Crippen LogP contribution in [0.15, 0.2) is 12.2 Å². The number of quaternary nitrogens is 2. The first-order valence-corrected chi connectivity index (χ1v) is 12.1. The van der Waals surface area contributed by atoms with E-state index in [1.165, 1.54) is 51.4 Å². The van der Waals surface area contributed by atoms with Crippen molar-refractivity contribution in [1.29, 1.82) is 0 Å². The molecule has 0 fully saturated rings. The Bertz CT molecular complexity index is 425. The van der Waals surface area contributed by atoms with Crippen molar-refractivity contribution >= 4 is 5.97 Å². The largest absolute Gasteiger partial charge is 0.460 e. The van der Waals surface area contributed by atoms with E-state index in [0.717, 1.165) is 47.9 Å². The van der Waals surface area contributed by atoms with Crippen molar-refractivity contribution in [2.45, 2.75) is 84.0 Å². The zero-order valence-corrected chi connectivity index (χ0v) is 20.7. The minimum absolute atomic E-state index is 0.0322.